The van der Waals surface area contributed by atoms with Crippen LogP contribution in [0.4, 0.5) is 5.95 Å². The summed E-state index contributed by atoms with van der Waals surface area (Å²) in [6, 6.07) is 6.50. The van der Waals surface area contributed by atoms with Crippen molar-refractivity contribution < 1.29 is 4.74 Å². The number of nitrogens with zero attached hydrogens (tertiary/aromatic N) is 4. The molecule has 2 heterocycles. The highest BCUT2D eigenvalue weighted by Gasteiger charge is 2.15. The van der Waals surface area contributed by atoms with E-state index in [0.29, 0.717) is 16.1 Å². The van der Waals surface area contributed by atoms with Gasteiger partial charge in [-0.2, -0.15) is 10.2 Å². The number of ether oxygens (including phenoxy) is 1. The molecule has 0 fully saturated rings. The van der Waals surface area contributed by atoms with Gasteiger partial charge in [-0.25, -0.2) is 9.97 Å². The normalized spacial score (nSPS) is 11.8. The Morgan fingerprint density at radius 2 is 2.20 bits per heavy atom. The second kappa shape index (κ2) is 6.75. The summed E-state index contributed by atoms with van der Waals surface area (Å²) in [6.45, 7) is 1.75. The number of rotatable bonds is 4. The fraction of sp³-hybridized carbons (Fsp3) is 0.188. The number of methoxy groups -OCH3 is 1. The molecule has 3 aromatic rings. The monoisotopic (exact) mass is 356 g/mol. The Morgan fingerprint density at radius 1 is 1.40 bits per heavy atom. The Bertz CT molecular complexity index is 1040. The number of fused-ring (bicyclic) bond motifs is 1. The number of hydrogen-bond donors (Lipinski definition) is 2. The minimum Gasteiger partial charge on any atom is -0.480 e. The van der Waals surface area contributed by atoms with Crippen molar-refractivity contribution in [2.75, 3.05) is 12.4 Å². The number of nitrogens with one attached hydrogen (secondary N) is 2. The van der Waals surface area contributed by atoms with Crippen molar-refractivity contribution in [1.29, 1.82) is 5.26 Å². The van der Waals surface area contributed by atoms with Gasteiger partial charge in [0, 0.05) is 5.02 Å². The predicted octanol–water partition coefficient (Wildman–Crippen LogP) is 2.42. The highest BCUT2D eigenvalue weighted by Crippen LogP contribution is 2.20. The van der Waals surface area contributed by atoms with Crippen LogP contribution in [0.2, 0.25) is 5.02 Å². The van der Waals surface area contributed by atoms with Gasteiger partial charge < -0.3 is 15.0 Å². The average molecular weight is 357 g/mol. The van der Waals surface area contributed by atoms with Crippen LogP contribution in [-0.2, 0) is 0 Å². The molecule has 0 radical (unpaired) electrons. The zero-order chi connectivity index (χ0) is 18.0. The molecule has 3 rings (SSSR count). The van der Waals surface area contributed by atoms with E-state index in [2.05, 4.69) is 25.3 Å². The first-order chi connectivity index (χ1) is 12.0. The standard InChI is InChI=1S/C16H13ClN6O2/c1-8(20-16-19-7-9(6-18)15(23-16)25-2)13-14(24)22-11-4-3-10(17)5-12(11)21-13/h3-5,7-8H,1-2H3,(H,22,24)(H,19,20,23)/t8-/m1/s1. The quantitative estimate of drug-likeness (QED) is 0.737. The minimum absolute atomic E-state index is 0.152. The summed E-state index contributed by atoms with van der Waals surface area (Å²) in [5.41, 5.74) is 1.34. The number of halogens is 1. The largest absolute Gasteiger partial charge is 0.480 e. The van der Waals surface area contributed by atoms with Gasteiger partial charge in [-0.15, -0.1) is 0 Å². The molecule has 25 heavy (non-hydrogen) atoms. The lowest BCUT2D eigenvalue weighted by Crippen LogP contribution is -2.22. The number of hydrogen-bond acceptors (Lipinski definition) is 7. The molecule has 0 aliphatic carbocycles. The summed E-state index contributed by atoms with van der Waals surface area (Å²) >= 11 is 5.97. The molecule has 0 amide bonds. The number of aromatic nitrogens is 4. The molecule has 1 aromatic carbocycles. The SMILES string of the molecule is COc1nc(N[C@H](C)c2nc3cc(Cl)ccc3[nH]c2=O)ncc1C#N. The maximum atomic E-state index is 12.3. The summed E-state index contributed by atoms with van der Waals surface area (Å²) in [5, 5.41) is 12.5. The van der Waals surface area contributed by atoms with Crippen LogP contribution in [0.1, 0.15) is 24.2 Å². The second-order valence-electron chi connectivity index (χ2n) is 5.21. The molecule has 0 spiro atoms. The van der Waals surface area contributed by atoms with Crippen LogP contribution in [0.25, 0.3) is 11.0 Å². The number of anilines is 1. The van der Waals surface area contributed by atoms with Crippen molar-refractivity contribution in [3.8, 4) is 11.9 Å². The first-order valence-corrected chi connectivity index (χ1v) is 7.66. The lowest BCUT2D eigenvalue weighted by molar-refractivity contribution is 0.396. The van der Waals surface area contributed by atoms with E-state index in [0.717, 1.165) is 0 Å². The van der Waals surface area contributed by atoms with Gasteiger partial charge in [0.1, 0.15) is 17.3 Å². The first kappa shape index (κ1) is 16.7. The molecular formula is C16H13ClN6O2. The summed E-state index contributed by atoms with van der Waals surface area (Å²) in [4.78, 5) is 27.6. The smallest absolute Gasteiger partial charge is 0.272 e. The van der Waals surface area contributed by atoms with Gasteiger partial charge in [0.25, 0.3) is 5.56 Å². The van der Waals surface area contributed by atoms with Crippen LogP contribution in [-0.4, -0.2) is 27.0 Å². The highest BCUT2D eigenvalue weighted by molar-refractivity contribution is 6.31. The van der Waals surface area contributed by atoms with Crippen LogP contribution in [0.3, 0.4) is 0 Å². The zero-order valence-electron chi connectivity index (χ0n) is 13.4. The third-order valence-electron chi connectivity index (χ3n) is 3.50. The molecule has 0 saturated heterocycles. The summed E-state index contributed by atoms with van der Waals surface area (Å²) in [5.74, 6) is 0.370. The third-order valence-corrected chi connectivity index (χ3v) is 3.74. The highest BCUT2D eigenvalue weighted by atomic mass is 35.5. The Balaban J connectivity index is 1.94. The number of nitriles is 1. The van der Waals surface area contributed by atoms with Crippen LogP contribution in [0.15, 0.2) is 29.2 Å². The van der Waals surface area contributed by atoms with E-state index in [1.54, 1.807) is 25.1 Å². The van der Waals surface area contributed by atoms with Gasteiger partial charge in [-0.3, -0.25) is 4.79 Å². The van der Waals surface area contributed by atoms with Crippen molar-refractivity contribution in [3.05, 3.63) is 51.0 Å². The van der Waals surface area contributed by atoms with Crippen molar-refractivity contribution >= 4 is 28.6 Å². The van der Waals surface area contributed by atoms with Gasteiger partial charge in [0.15, 0.2) is 0 Å². The molecule has 0 saturated carbocycles. The lowest BCUT2D eigenvalue weighted by atomic mass is 10.2. The van der Waals surface area contributed by atoms with Crippen LogP contribution in [0.5, 0.6) is 5.88 Å². The van der Waals surface area contributed by atoms with Crippen molar-refractivity contribution in [1.82, 2.24) is 19.9 Å². The third kappa shape index (κ3) is 3.36. The molecule has 126 valence electrons. The predicted molar refractivity (Wildman–Crippen MR) is 92.7 cm³/mol. The molecule has 0 aliphatic heterocycles. The van der Waals surface area contributed by atoms with Crippen molar-refractivity contribution in [2.24, 2.45) is 0 Å². The summed E-state index contributed by atoms with van der Waals surface area (Å²) in [6.07, 6.45) is 1.35. The zero-order valence-corrected chi connectivity index (χ0v) is 14.1. The number of H-pyrrole nitrogens is 1. The van der Waals surface area contributed by atoms with E-state index < -0.39 is 6.04 Å². The Morgan fingerprint density at radius 3 is 2.92 bits per heavy atom. The fourth-order valence-electron chi connectivity index (χ4n) is 2.29. The van der Waals surface area contributed by atoms with Gasteiger partial charge in [-0.1, -0.05) is 11.6 Å². The van der Waals surface area contributed by atoms with Gasteiger partial charge >= 0.3 is 0 Å². The molecule has 2 N–H and O–H groups in total. The van der Waals surface area contributed by atoms with Crippen molar-refractivity contribution in [3.63, 3.8) is 0 Å². The van der Waals surface area contributed by atoms with E-state index in [4.69, 9.17) is 21.6 Å². The molecule has 0 bridgehead atoms. The van der Waals surface area contributed by atoms with Crippen molar-refractivity contribution in [2.45, 2.75) is 13.0 Å². The maximum Gasteiger partial charge on any atom is 0.272 e. The minimum atomic E-state index is -0.482. The van der Waals surface area contributed by atoms with E-state index >= 15 is 0 Å². The van der Waals surface area contributed by atoms with E-state index in [-0.39, 0.29) is 28.6 Å². The Labute approximate surface area is 147 Å². The second-order valence-corrected chi connectivity index (χ2v) is 5.64. The molecule has 9 heteroatoms. The summed E-state index contributed by atoms with van der Waals surface area (Å²) < 4.78 is 5.05. The van der Waals surface area contributed by atoms with Crippen LogP contribution < -0.4 is 15.6 Å². The van der Waals surface area contributed by atoms with Gasteiger partial charge in [-0.05, 0) is 25.1 Å². The van der Waals surface area contributed by atoms with E-state index in [9.17, 15) is 4.79 Å². The molecular weight excluding hydrogens is 344 g/mol. The summed E-state index contributed by atoms with van der Waals surface area (Å²) in [7, 11) is 1.41. The molecule has 0 aliphatic rings. The van der Waals surface area contributed by atoms with Crippen LogP contribution >= 0.6 is 11.6 Å². The average Bonchev–Trinajstić information content (AvgIpc) is 2.61. The fourth-order valence-corrected chi connectivity index (χ4v) is 2.46. The maximum absolute atomic E-state index is 12.3. The van der Waals surface area contributed by atoms with Gasteiger partial charge in [0.2, 0.25) is 11.8 Å². The number of aromatic amines is 1. The Kier molecular flexibility index (Phi) is 4.50. The molecule has 2 aromatic heterocycles. The van der Waals surface area contributed by atoms with Gasteiger partial charge in [0.05, 0.1) is 30.4 Å². The number of benzene rings is 1. The lowest BCUT2D eigenvalue weighted by Gasteiger charge is -2.14. The molecule has 0 unspecified atom stereocenters. The molecule has 8 nitrogen and oxygen atoms in total. The molecule has 1 atom stereocenters. The van der Waals surface area contributed by atoms with E-state index in [1.807, 2.05) is 6.07 Å². The topological polar surface area (TPSA) is 117 Å². The van der Waals surface area contributed by atoms with E-state index in [1.165, 1.54) is 13.3 Å². The Hall–Kier alpha value is -3.18. The first-order valence-electron chi connectivity index (χ1n) is 7.29. The van der Waals surface area contributed by atoms with Crippen LogP contribution in [0, 0.1) is 11.3 Å².